The van der Waals surface area contributed by atoms with Gasteiger partial charge < -0.3 is 0 Å². The second-order valence-electron chi connectivity index (χ2n) is 4.33. The van der Waals surface area contributed by atoms with Crippen LogP contribution >= 0.6 is 11.6 Å². The molecule has 1 aromatic carbocycles. The van der Waals surface area contributed by atoms with Crippen molar-refractivity contribution in [2.75, 3.05) is 25.6 Å². The first-order valence-electron chi connectivity index (χ1n) is 5.53. The highest BCUT2D eigenvalue weighted by molar-refractivity contribution is 7.91. The lowest BCUT2D eigenvalue weighted by atomic mass is 10.3. The zero-order valence-corrected chi connectivity index (χ0v) is 13.6. The van der Waals surface area contributed by atoms with E-state index in [-0.39, 0.29) is 22.2 Å². The Morgan fingerprint density at radius 2 is 1.86 bits per heavy atom. The van der Waals surface area contributed by atoms with E-state index in [1.54, 1.807) is 0 Å². The molecule has 0 unspecified atom stereocenters. The number of nitro benzene ring substituents is 1. The number of rotatable bonds is 6. The Balaban J connectivity index is 3.13. The molecule has 0 aromatic heterocycles. The summed E-state index contributed by atoms with van der Waals surface area (Å²) in [6.07, 6.45) is 0.987. The third kappa shape index (κ3) is 4.63. The zero-order chi connectivity index (χ0) is 16.4. The van der Waals surface area contributed by atoms with Gasteiger partial charge in [0.25, 0.3) is 5.69 Å². The first-order chi connectivity index (χ1) is 9.45. The van der Waals surface area contributed by atoms with E-state index in [1.165, 1.54) is 7.05 Å². The van der Waals surface area contributed by atoms with Crippen molar-refractivity contribution < 1.29 is 21.8 Å². The fourth-order valence-electron chi connectivity index (χ4n) is 1.39. The minimum atomic E-state index is -4.03. The number of halogens is 1. The van der Waals surface area contributed by atoms with Crippen molar-refractivity contribution in [3.8, 4) is 0 Å². The van der Waals surface area contributed by atoms with Crippen LogP contribution in [-0.2, 0) is 19.9 Å². The highest BCUT2D eigenvalue weighted by Gasteiger charge is 2.25. The fourth-order valence-corrected chi connectivity index (χ4v) is 3.49. The molecular formula is C10H13ClN2O6S2. The summed E-state index contributed by atoms with van der Waals surface area (Å²) in [6.45, 7) is -0.252. The van der Waals surface area contributed by atoms with E-state index in [9.17, 15) is 26.9 Å². The highest BCUT2D eigenvalue weighted by atomic mass is 35.5. The Kier molecular flexibility index (Phi) is 5.31. The van der Waals surface area contributed by atoms with Crippen molar-refractivity contribution in [3.05, 3.63) is 33.3 Å². The molecule has 0 spiro atoms. The zero-order valence-electron chi connectivity index (χ0n) is 11.2. The quantitative estimate of drug-likeness (QED) is 0.552. The van der Waals surface area contributed by atoms with Crippen LogP contribution in [0.1, 0.15) is 0 Å². The van der Waals surface area contributed by atoms with E-state index in [1.807, 2.05) is 0 Å². The lowest BCUT2D eigenvalue weighted by Gasteiger charge is -2.16. The molecular weight excluding hydrogens is 344 g/mol. The summed E-state index contributed by atoms with van der Waals surface area (Å²) in [7, 11) is -6.16. The molecule has 0 atom stereocenters. The molecule has 21 heavy (non-hydrogen) atoms. The van der Waals surface area contributed by atoms with Crippen LogP contribution in [0.25, 0.3) is 0 Å². The Hall–Kier alpha value is -1.23. The maximum atomic E-state index is 12.2. The number of sulfone groups is 1. The van der Waals surface area contributed by atoms with Crippen LogP contribution in [0.4, 0.5) is 5.69 Å². The molecule has 1 aromatic rings. The van der Waals surface area contributed by atoms with Crippen molar-refractivity contribution in [1.82, 2.24) is 4.31 Å². The Morgan fingerprint density at radius 3 is 2.33 bits per heavy atom. The molecule has 11 heteroatoms. The number of benzene rings is 1. The van der Waals surface area contributed by atoms with Gasteiger partial charge >= 0.3 is 0 Å². The van der Waals surface area contributed by atoms with Gasteiger partial charge in [-0.1, -0.05) is 11.6 Å². The molecule has 1 rings (SSSR count). The van der Waals surface area contributed by atoms with E-state index in [2.05, 4.69) is 0 Å². The van der Waals surface area contributed by atoms with Crippen molar-refractivity contribution in [2.24, 2.45) is 0 Å². The molecule has 0 aliphatic heterocycles. The molecule has 0 radical (unpaired) electrons. The molecule has 0 saturated carbocycles. The van der Waals surface area contributed by atoms with Crippen LogP contribution in [0.15, 0.2) is 23.1 Å². The van der Waals surface area contributed by atoms with Gasteiger partial charge in [0.05, 0.1) is 15.6 Å². The SMILES string of the molecule is CN(CCS(C)(=O)=O)S(=O)(=O)c1ccc(Cl)c([N+](=O)[O-])c1. The maximum absolute atomic E-state index is 12.2. The summed E-state index contributed by atoms with van der Waals surface area (Å²) in [5.74, 6) is -0.349. The molecule has 0 aliphatic rings. The molecule has 0 bridgehead atoms. The second kappa shape index (κ2) is 6.26. The van der Waals surface area contributed by atoms with Crippen LogP contribution in [0, 0.1) is 10.1 Å². The van der Waals surface area contributed by atoms with E-state index < -0.39 is 30.5 Å². The number of hydrogen-bond acceptors (Lipinski definition) is 6. The maximum Gasteiger partial charge on any atom is 0.289 e. The number of hydrogen-bond donors (Lipinski definition) is 0. The van der Waals surface area contributed by atoms with Crippen molar-refractivity contribution >= 4 is 37.1 Å². The summed E-state index contributed by atoms with van der Waals surface area (Å²) in [5, 5.41) is 10.6. The molecule has 118 valence electrons. The number of nitrogens with zero attached hydrogens (tertiary/aromatic N) is 2. The molecule has 0 fully saturated rings. The predicted molar refractivity (Wildman–Crippen MR) is 77.6 cm³/mol. The summed E-state index contributed by atoms with van der Waals surface area (Å²) in [5.41, 5.74) is -0.533. The lowest BCUT2D eigenvalue weighted by molar-refractivity contribution is -0.384. The van der Waals surface area contributed by atoms with Crippen LogP contribution in [0.3, 0.4) is 0 Å². The van der Waals surface area contributed by atoms with Gasteiger partial charge in [-0.15, -0.1) is 0 Å². The Labute approximate surface area is 127 Å². The highest BCUT2D eigenvalue weighted by Crippen LogP contribution is 2.28. The van der Waals surface area contributed by atoms with Gasteiger partial charge in [-0.3, -0.25) is 10.1 Å². The average molecular weight is 357 g/mol. The van der Waals surface area contributed by atoms with E-state index in [0.29, 0.717) is 0 Å². The van der Waals surface area contributed by atoms with Gasteiger partial charge in [-0.2, -0.15) is 4.31 Å². The van der Waals surface area contributed by atoms with Crippen LogP contribution in [-0.4, -0.2) is 51.7 Å². The molecule has 0 N–H and O–H groups in total. The largest absolute Gasteiger partial charge is 0.289 e. The third-order valence-corrected chi connectivity index (χ3v) is 5.70. The smallest absolute Gasteiger partial charge is 0.258 e. The second-order valence-corrected chi connectivity index (χ2v) is 9.04. The first-order valence-corrected chi connectivity index (χ1v) is 9.41. The first kappa shape index (κ1) is 17.8. The molecule has 0 amide bonds. The molecule has 0 saturated heterocycles. The topological polar surface area (TPSA) is 115 Å². The fraction of sp³-hybridized carbons (Fsp3) is 0.400. The average Bonchev–Trinajstić information content (AvgIpc) is 2.34. The normalized spacial score (nSPS) is 12.6. The number of nitro groups is 1. The summed E-state index contributed by atoms with van der Waals surface area (Å²) in [6, 6.07) is 3.08. The van der Waals surface area contributed by atoms with Crippen molar-refractivity contribution in [2.45, 2.75) is 4.90 Å². The van der Waals surface area contributed by atoms with Crippen molar-refractivity contribution in [3.63, 3.8) is 0 Å². The summed E-state index contributed by atoms with van der Waals surface area (Å²) < 4.78 is 47.3. The Bertz CT molecular complexity index is 760. The third-order valence-electron chi connectivity index (χ3n) is 2.60. The van der Waals surface area contributed by atoms with E-state index in [0.717, 1.165) is 28.8 Å². The molecule has 0 aliphatic carbocycles. The van der Waals surface area contributed by atoms with Gasteiger partial charge in [0, 0.05) is 25.9 Å². The monoisotopic (exact) mass is 356 g/mol. The van der Waals surface area contributed by atoms with Gasteiger partial charge in [-0.25, -0.2) is 16.8 Å². The van der Waals surface area contributed by atoms with E-state index >= 15 is 0 Å². The van der Waals surface area contributed by atoms with Crippen LogP contribution in [0.5, 0.6) is 0 Å². The van der Waals surface area contributed by atoms with E-state index in [4.69, 9.17) is 11.6 Å². The van der Waals surface area contributed by atoms with Crippen molar-refractivity contribution in [1.29, 1.82) is 0 Å². The van der Waals surface area contributed by atoms with Gasteiger partial charge in [0.1, 0.15) is 14.9 Å². The summed E-state index contributed by atoms with van der Waals surface area (Å²) >= 11 is 5.61. The van der Waals surface area contributed by atoms with Gasteiger partial charge in [0.15, 0.2) is 0 Å². The molecule has 0 heterocycles. The van der Waals surface area contributed by atoms with Gasteiger partial charge in [0.2, 0.25) is 10.0 Å². The Morgan fingerprint density at radius 1 is 1.29 bits per heavy atom. The summed E-state index contributed by atoms with van der Waals surface area (Å²) in [4.78, 5) is 9.64. The number of sulfonamides is 1. The predicted octanol–water partition coefficient (Wildman–Crippen LogP) is 0.913. The molecule has 8 nitrogen and oxygen atoms in total. The van der Waals surface area contributed by atoms with Crippen LogP contribution < -0.4 is 0 Å². The minimum Gasteiger partial charge on any atom is -0.258 e. The standard InChI is InChI=1S/C10H13ClN2O6S2/c1-12(5-6-20(2,16)17)21(18,19)8-3-4-9(11)10(7-8)13(14)15/h3-4,7H,5-6H2,1-2H3. The lowest BCUT2D eigenvalue weighted by Crippen LogP contribution is -2.31. The minimum absolute atomic E-state index is 0.183. The van der Waals surface area contributed by atoms with Crippen LogP contribution in [0.2, 0.25) is 5.02 Å². The van der Waals surface area contributed by atoms with Gasteiger partial charge in [-0.05, 0) is 12.1 Å².